The van der Waals surface area contributed by atoms with Gasteiger partial charge in [0.1, 0.15) is 13.2 Å². The molecule has 0 aliphatic rings. The summed E-state index contributed by atoms with van der Waals surface area (Å²) in [4.78, 5) is 37.6. The van der Waals surface area contributed by atoms with E-state index in [9.17, 15) is 19.5 Å². The van der Waals surface area contributed by atoms with Gasteiger partial charge >= 0.3 is 11.9 Å². The molecule has 0 spiro atoms. The van der Waals surface area contributed by atoms with Gasteiger partial charge in [-0.25, -0.2) is 0 Å². The van der Waals surface area contributed by atoms with E-state index >= 15 is 0 Å². The fourth-order valence-electron chi connectivity index (χ4n) is 12.8. The standard InChI is InChI=1S/C85H161NO8/c1-6-8-10-12-14-16-18-20-22-24-26-28-30-32-34-36-38-39-40-41-42-43-44-45-46-48-50-52-54-56-58-60-62-64-66-68-70-72-74-76-83(88)94-81(80-93-85(84(89)90)91-78-77-86(3,4)5)79-92-82(87)75-73-71-69-67-65-63-61-59-57-55-53-51-49-47-37-35-33-31-29-27-25-23-21-19-17-15-13-11-9-7-2/h18,20,24,26,30,32,81,85H,6-17,19,21-23,25,27-29,31,33-80H2,1-5H3/b20-18-,26-24-,32-30-. The van der Waals surface area contributed by atoms with Gasteiger partial charge in [0, 0.05) is 12.8 Å². The number of carboxylic acid groups (broad SMARTS) is 1. The van der Waals surface area contributed by atoms with Crippen molar-refractivity contribution in [2.75, 3.05) is 47.5 Å². The predicted octanol–water partition coefficient (Wildman–Crippen LogP) is 25.3. The number of hydrogen-bond acceptors (Lipinski definition) is 8. The number of rotatable bonds is 79. The smallest absolute Gasteiger partial charge is 0.306 e. The molecule has 2 atom stereocenters. The van der Waals surface area contributed by atoms with Crippen LogP contribution in [0.1, 0.15) is 431 Å². The lowest BCUT2D eigenvalue weighted by Gasteiger charge is -2.26. The number of nitrogens with zero attached hydrogens (tertiary/aromatic N) is 1. The first-order valence-corrected chi connectivity index (χ1v) is 41.6. The summed E-state index contributed by atoms with van der Waals surface area (Å²) < 4.78 is 22.9. The fraction of sp³-hybridized carbons (Fsp3) is 0.894. The van der Waals surface area contributed by atoms with E-state index in [0.717, 1.165) is 51.4 Å². The number of hydrogen-bond donors (Lipinski definition) is 0. The Morgan fingerprint density at radius 2 is 0.574 bits per heavy atom. The summed E-state index contributed by atoms with van der Waals surface area (Å²) in [6.07, 6.45) is 95.7. The molecule has 9 nitrogen and oxygen atoms in total. The number of quaternary nitrogens is 1. The average Bonchev–Trinajstić information content (AvgIpc) is 3.76. The van der Waals surface area contributed by atoms with Crippen molar-refractivity contribution >= 4 is 17.9 Å². The number of aliphatic carboxylic acids is 1. The van der Waals surface area contributed by atoms with E-state index < -0.39 is 24.3 Å². The Morgan fingerprint density at radius 1 is 0.319 bits per heavy atom. The molecular weight excluding hydrogens is 1160 g/mol. The minimum atomic E-state index is -1.62. The SMILES string of the molecule is CCCCCCC/C=C\C/C=C\C/C=C\CCCCCCCCCCCCCCCCCCCCCCCCCCC(=O)OC(COC(=O)CCCCCCCCCCCCCCCCCCCCCCCCCCCCCCCC)COC(OCC[N+](C)(C)C)C(=O)[O-]. The van der Waals surface area contributed by atoms with Gasteiger partial charge in [0.2, 0.25) is 0 Å². The zero-order valence-corrected chi connectivity index (χ0v) is 63.6. The number of esters is 2. The van der Waals surface area contributed by atoms with E-state index in [1.54, 1.807) is 0 Å². The molecule has 0 fully saturated rings. The molecule has 0 aromatic heterocycles. The van der Waals surface area contributed by atoms with Crippen LogP contribution in [0.25, 0.3) is 0 Å². The van der Waals surface area contributed by atoms with Crippen molar-refractivity contribution in [3.63, 3.8) is 0 Å². The second-order valence-corrected chi connectivity index (χ2v) is 29.8. The van der Waals surface area contributed by atoms with Gasteiger partial charge in [0.15, 0.2) is 12.4 Å². The summed E-state index contributed by atoms with van der Waals surface area (Å²) in [6.45, 7) is 4.83. The zero-order valence-electron chi connectivity index (χ0n) is 63.6. The Morgan fingerprint density at radius 3 is 0.851 bits per heavy atom. The van der Waals surface area contributed by atoms with Crippen LogP contribution in [0.5, 0.6) is 0 Å². The topological polar surface area (TPSA) is 111 Å². The first kappa shape index (κ1) is 91.5. The largest absolute Gasteiger partial charge is 0.545 e. The average molecular weight is 1330 g/mol. The Bertz CT molecular complexity index is 1640. The Labute approximate surface area is 585 Å². The fourth-order valence-corrected chi connectivity index (χ4v) is 12.8. The lowest BCUT2D eigenvalue weighted by molar-refractivity contribution is -0.870. The number of carbonyl (C=O) groups excluding carboxylic acids is 3. The maximum atomic E-state index is 13.0. The van der Waals surface area contributed by atoms with Gasteiger partial charge in [-0.05, 0) is 51.4 Å². The molecule has 0 bridgehead atoms. The van der Waals surface area contributed by atoms with Gasteiger partial charge in [-0.15, -0.1) is 0 Å². The maximum Gasteiger partial charge on any atom is 0.306 e. The maximum absolute atomic E-state index is 13.0. The highest BCUT2D eigenvalue weighted by Crippen LogP contribution is 2.20. The monoisotopic (exact) mass is 1320 g/mol. The molecule has 0 aromatic carbocycles. The lowest BCUT2D eigenvalue weighted by atomic mass is 10.0. The molecule has 0 aromatic rings. The molecule has 554 valence electrons. The molecule has 0 heterocycles. The summed E-state index contributed by atoms with van der Waals surface area (Å²) >= 11 is 0. The van der Waals surface area contributed by atoms with E-state index in [1.807, 2.05) is 21.1 Å². The first-order valence-electron chi connectivity index (χ1n) is 41.6. The minimum absolute atomic E-state index is 0.152. The van der Waals surface area contributed by atoms with Crippen LogP contribution in [0.3, 0.4) is 0 Å². The van der Waals surface area contributed by atoms with Crippen LogP contribution in [-0.2, 0) is 33.3 Å². The van der Waals surface area contributed by atoms with Gasteiger partial charge in [-0.3, -0.25) is 9.59 Å². The van der Waals surface area contributed by atoms with E-state index in [1.165, 1.54) is 353 Å². The third-order valence-electron chi connectivity index (χ3n) is 19.1. The number of carboxylic acids is 1. The van der Waals surface area contributed by atoms with Crippen molar-refractivity contribution in [1.29, 1.82) is 0 Å². The summed E-state index contributed by atoms with van der Waals surface area (Å²) in [5, 5.41) is 11.9. The predicted molar refractivity (Wildman–Crippen MR) is 403 cm³/mol. The zero-order chi connectivity index (χ0) is 68.2. The van der Waals surface area contributed by atoms with Crippen molar-refractivity contribution in [2.24, 2.45) is 0 Å². The molecular formula is C85H161NO8. The van der Waals surface area contributed by atoms with Gasteiger partial charge in [0.25, 0.3) is 0 Å². The quantitative estimate of drug-likeness (QED) is 0.0195. The number of carbonyl (C=O) groups is 3. The Kier molecular flexibility index (Phi) is 74.2. The van der Waals surface area contributed by atoms with Gasteiger partial charge in [-0.1, -0.05) is 403 Å². The highest BCUT2D eigenvalue weighted by molar-refractivity contribution is 5.70. The van der Waals surface area contributed by atoms with Crippen molar-refractivity contribution in [1.82, 2.24) is 0 Å². The molecule has 0 saturated heterocycles. The molecule has 0 rings (SSSR count). The van der Waals surface area contributed by atoms with Crippen LogP contribution in [0.15, 0.2) is 36.5 Å². The molecule has 0 saturated carbocycles. The Hall–Kier alpha value is -2.49. The third kappa shape index (κ3) is 76.9. The summed E-state index contributed by atoms with van der Waals surface area (Å²) in [5.41, 5.74) is 0. The van der Waals surface area contributed by atoms with Gasteiger partial charge in [0.05, 0.1) is 40.3 Å². The van der Waals surface area contributed by atoms with Crippen LogP contribution in [0.4, 0.5) is 0 Å². The van der Waals surface area contributed by atoms with Crippen LogP contribution in [0, 0.1) is 0 Å². The van der Waals surface area contributed by atoms with Crippen LogP contribution in [0.2, 0.25) is 0 Å². The lowest BCUT2D eigenvalue weighted by Crippen LogP contribution is -2.44. The van der Waals surface area contributed by atoms with Crippen LogP contribution < -0.4 is 5.11 Å². The highest BCUT2D eigenvalue weighted by Gasteiger charge is 2.22. The molecule has 0 aliphatic heterocycles. The van der Waals surface area contributed by atoms with Crippen molar-refractivity contribution < 1.29 is 42.9 Å². The van der Waals surface area contributed by atoms with Gasteiger partial charge in [-0.2, -0.15) is 0 Å². The molecule has 0 aliphatic carbocycles. The third-order valence-corrected chi connectivity index (χ3v) is 19.1. The number of ether oxygens (including phenoxy) is 4. The molecule has 0 N–H and O–H groups in total. The van der Waals surface area contributed by atoms with Crippen molar-refractivity contribution in [2.45, 2.75) is 444 Å². The van der Waals surface area contributed by atoms with Crippen LogP contribution in [-0.4, -0.2) is 82.3 Å². The molecule has 2 unspecified atom stereocenters. The normalized spacial score (nSPS) is 12.7. The number of likely N-dealkylation sites (N-methyl/N-ethyl adjacent to an activating group) is 1. The molecule has 9 heteroatoms. The highest BCUT2D eigenvalue weighted by atomic mass is 16.7. The number of allylic oxidation sites excluding steroid dienone is 6. The summed E-state index contributed by atoms with van der Waals surface area (Å²) in [5.74, 6) is -2.24. The van der Waals surface area contributed by atoms with E-state index in [0.29, 0.717) is 17.4 Å². The first-order chi connectivity index (χ1) is 46.1. The summed E-state index contributed by atoms with van der Waals surface area (Å²) in [7, 11) is 5.96. The van der Waals surface area contributed by atoms with E-state index in [2.05, 4.69) is 50.3 Å². The van der Waals surface area contributed by atoms with Crippen molar-refractivity contribution in [3.05, 3.63) is 36.5 Å². The molecule has 94 heavy (non-hydrogen) atoms. The minimum Gasteiger partial charge on any atom is -0.545 e. The van der Waals surface area contributed by atoms with Crippen molar-refractivity contribution in [3.8, 4) is 0 Å². The molecule has 0 amide bonds. The molecule has 0 radical (unpaired) electrons. The second kappa shape index (κ2) is 76.3. The second-order valence-electron chi connectivity index (χ2n) is 29.8. The summed E-state index contributed by atoms with van der Waals surface area (Å²) in [6, 6.07) is 0. The van der Waals surface area contributed by atoms with Crippen LogP contribution >= 0.6 is 0 Å². The van der Waals surface area contributed by atoms with Gasteiger partial charge < -0.3 is 33.3 Å². The van der Waals surface area contributed by atoms with E-state index in [4.69, 9.17) is 18.9 Å². The Balaban J connectivity index is 3.94. The number of unbranched alkanes of at least 4 members (excludes halogenated alkanes) is 58. The van der Waals surface area contributed by atoms with E-state index in [-0.39, 0.29) is 32.2 Å².